The smallest absolute Gasteiger partial charge is 0.319 e. The van der Waals surface area contributed by atoms with E-state index < -0.39 is 11.7 Å². The molecule has 1 N–H and O–H groups in total. The van der Waals surface area contributed by atoms with Crippen molar-refractivity contribution in [3.63, 3.8) is 0 Å². The van der Waals surface area contributed by atoms with Crippen molar-refractivity contribution in [1.29, 1.82) is 0 Å². The molecule has 5 heteroatoms. The van der Waals surface area contributed by atoms with E-state index in [1.54, 1.807) is 12.1 Å². The summed E-state index contributed by atoms with van der Waals surface area (Å²) in [4.78, 5) is 2.37. The second-order valence-corrected chi connectivity index (χ2v) is 5.65. The summed E-state index contributed by atoms with van der Waals surface area (Å²) >= 11 is 0. The molecule has 0 spiro atoms. The van der Waals surface area contributed by atoms with Crippen molar-refractivity contribution in [2.24, 2.45) is 5.92 Å². The Morgan fingerprint density at radius 1 is 1.24 bits per heavy atom. The molecule has 0 radical (unpaired) electrons. The number of benzene rings is 1. The van der Waals surface area contributed by atoms with Gasteiger partial charge in [0, 0.05) is 6.04 Å². The van der Waals surface area contributed by atoms with E-state index in [1.165, 1.54) is 12.1 Å². The number of piperidine rings is 1. The summed E-state index contributed by atoms with van der Waals surface area (Å²) in [5, 5.41) is 3.21. The van der Waals surface area contributed by atoms with Crippen LogP contribution >= 0.6 is 0 Å². The van der Waals surface area contributed by atoms with Gasteiger partial charge in [0.05, 0.1) is 5.56 Å². The fraction of sp³-hybridized carbons (Fsp3) is 0.625. The highest BCUT2D eigenvalue weighted by molar-refractivity contribution is 5.27. The predicted molar refractivity (Wildman–Crippen MR) is 78.1 cm³/mol. The monoisotopic (exact) mass is 300 g/mol. The third-order valence-electron chi connectivity index (χ3n) is 4.31. The van der Waals surface area contributed by atoms with Crippen LogP contribution in [0, 0.1) is 5.92 Å². The summed E-state index contributed by atoms with van der Waals surface area (Å²) in [6.45, 7) is 4.94. The van der Waals surface area contributed by atoms with Gasteiger partial charge >= 0.3 is 6.18 Å². The topological polar surface area (TPSA) is 15.3 Å². The second-order valence-electron chi connectivity index (χ2n) is 5.65. The van der Waals surface area contributed by atoms with Crippen molar-refractivity contribution >= 4 is 0 Å². The maximum Gasteiger partial charge on any atom is 0.416 e. The third-order valence-corrected chi connectivity index (χ3v) is 4.31. The fourth-order valence-corrected chi connectivity index (χ4v) is 3.33. The molecule has 0 aliphatic carbocycles. The minimum absolute atomic E-state index is 0.207. The summed E-state index contributed by atoms with van der Waals surface area (Å²) in [6.07, 6.45) is -2.00. The van der Waals surface area contributed by atoms with E-state index >= 15 is 0 Å². The lowest BCUT2D eigenvalue weighted by atomic mass is 9.84. The molecule has 1 fully saturated rings. The molecule has 2 atom stereocenters. The SMILES string of the molecule is CCN1CCCC(CNC)C1c1ccc(C(F)(F)F)cc1. The fourth-order valence-electron chi connectivity index (χ4n) is 3.33. The third kappa shape index (κ3) is 3.77. The summed E-state index contributed by atoms with van der Waals surface area (Å²) in [6, 6.07) is 5.90. The van der Waals surface area contributed by atoms with E-state index in [0.717, 1.165) is 38.0 Å². The summed E-state index contributed by atoms with van der Waals surface area (Å²) < 4.78 is 38.0. The Kier molecular flexibility index (Phi) is 5.27. The van der Waals surface area contributed by atoms with E-state index in [4.69, 9.17) is 0 Å². The second kappa shape index (κ2) is 6.79. The molecule has 1 aliphatic rings. The zero-order valence-electron chi connectivity index (χ0n) is 12.6. The molecule has 2 nitrogen and oxygen atoms in total. The largest absolute Gasteiger partial charge is 0.416 e. The Balaban J connectivity index is 2.26. The standard InChI is InChI=1S/C16H23F3N2/c1-3-21-10-4-5-13(11-20-2)15(21)12-6-8-14(9-7-12)16(17,18)19/h6-9,13,15,20H,3-5,10-11H2,1-2H3. The molecule has 1 aromatic rings. The van der Waals surface area contributed by atoms with Crippen molar-refractivity contribution in [3.05, 3.63) is 35.4 Å². The first kappa shape index (κ1) is 16.3. The maximum atomic E-state index is 12.7. The average molecular weight is 300 g/mol. The Morgan fingerprint density at radius 3 is 2.43 bits per heavy atom. The normalized spacial score (nSPS) is 24.2. The Hall–Kier alpha value is -1.07. The van der Waals surface area contributed by atoms with Crippen molar-refractivity contribution in [2.75, 3.05) is 26.7 Å². The molecule has 0 aromatic heterocycles. The highest BCUT2D eigenvalue weighted by Gasteiger charge is 2.33. The van der Waals surface area contributed by atoms with Crippen LogP contribution in [0.4, 0.5) is 13.2 Å². The lowest BCUT2D eigenvalue weighted by Gasteiger charge is -2.41. The van der Waals surface area contributed by atoms with E-state index in [1.807, 2.05) is 7.05 Å². The van der Waals surface area contributed by atoms with Crippen LogP contribution < -0.4 is 5.32 Å². The van der Waals surface area contributed by atoms with E-state index in [0.29, 0.717) is 5.92 Å². The van der Waals surface area contributed by atoms with Crippen LogP contribution in [0.2, 0.25) is 0 Å². The lowest BCUT2D eigenvalue weighted by Crippen LogP contribution is -2.42. The molecule has 1 aromatic carbocycles. The van der Waals surface area contributed by atoms with E-state index in [2.05, 4.69) is 17.1 Å². The first-order valence-electron chi connectivity index (χ1n) is 7.53. The van der Waals surface area contributed by atoms with Crippen LogP contribution in [0.15, 0.2) is 24.3 Å². The number of rotatable bonds is 4. The molecular weight excluding hydrogens is 277 g/mol. The number of halogens is 3. The van der Waals surface area contributed by atoms with Crippen LogP contribution in [-0.4, -0.2) is 31.6 Å². The summed E-state index contributed by atoms with van der Waals surface area (Å²) in [5.74, 6) is 0.445. The van der Waals surface area contributed by atoms with Gasteiger partial charge in [-0.2, -0.15) is 13.2 Å². The van der Waals surface area contributed by atoms with Crippen molar-refractivity contribution in [3.8, 4) is 0 Å². The van der Waals surface area contributed by atoms with Gasteiger partial charge in [0.25, 0.3) is 0 Å². The van der Waals surface area contributed by atoms with Gasteiger partial charge in [0.1, 0.15) is 0 Å². The predicted octanol–water partition coefficient (Wildman–Crippen LogP) is 3.70. The number of hydrogen-bond acceptors (Lipinski definition) is 2. The maximum absolute atomic E-state index is 12.7. The number of nitrogens with zero attached hydrogens (tertiary/aromatic N) is 1. The van der Waals surface area contributed by atoms with Gasteiger partial charge in [-0.15, -0.1) is 0 Å². The number of nitrogens with one attached hydrogen (secondary N) is 1. The van der Waals surface area contributed by atoms with E-state index in [9.17, 15) is 13.2 Å². The first-order chi connectivity index (χ1) is 9.97. The Labute approximate surface area is 124 Å². The molecule has 118 valence electrons. The molecule has 1 aliphatic heterocycles. The molecule has 2 unspecified atom stereocenters. The highest BCUT2D eigenvalue weighted by atomic mass is 19.4. The van der Waals surface area contributed by atoms with Gasteiger partial charge in [0.2, 0.25) is 0 Å². The van der Waals surface area contributed by atoms with Gasteiger partial charge < -0.3 is 5.32 Å². The minimum Gasteiger partial charge on any atom is -0.319 e. The van der Waals surface area contributed by atoms with Crippen molar-refractivity contribution in [2.45, 2.75) is 32.0 Å². The molecule has 0 amide bonds. The molecule has 2 rings (SSSR count). The lowest BCUT2D eigenvalue weighted by molar-refractivity contribution is -0.137. The van der Waals surface area contributed by atoms with Gasteiger partial charge in [-0.3, -0.25) is 4.90 Å². The Bertz CT molecular complexity index is 440. The molecule has 0 bridgehead atoms. The number of alkyl halides is 3. The molecule has 1 saturated heterocycles. The zero-order valence-corrected chi connectivity index (χ0v) is 12.6. The van der Waals surface area contributed by atoms with E-state index in [-0.39, 0.29) is 6.04 Å². The van der Waals surface area contributed by atoms with Crippen LogP contribution in [0.3, 0.4) is 0 Å². The molecule has 1 heterocycles. The van der Waals surface area contributed by atoms with Crippen LogP contribution in [0.25, 0.3) is 0 Å². The van der Waals surface area contributed by atoms with Crippen molar-refractivity contribution in [1.82, 2.24) is 10.2 Å². The molecule has 0 saturated carbocycles. The summed E-state index contributed by atoms with van der Waals surface area (Å²) in [5.41, 5.74) is 0.417. The zero-order chi connectivity index (χ0) is 15.5. The number of hydrogen-bond donors (Lipinski definition) is 1. The minimum atomic E-state index is -4.26. The van der Waals surface area contributed by atoms with Gasteiger partial charge in [0.15, 0.2) is 0 Å². The summed E-state index contributed by atoms with van der Waals surface area (Å²) in [7, 11) is 1.93. The van der Waals surface area contributed by atoms with Crippen molar-refractivity contribution < 1.29 is 13.2 Å². The van der Waals surface area contributed by atoms with Gasteiger partial charge in [-0.1, -0.05) is 19.1 Å². The Morgan fingerprint density at radius 2 is 1.90 bits per heavy atom. The number of likely N-dealkylation sites (tertiary alicyclic amines) is 1. The van der Waals surface area contributed by atoms with Crippen LogP contribution in [0.1, 0.15) is 36.9 Å². The van der Waals surface area contributed by atoms with Gasteiger partial charge in [-0.25, -0.2) is 0 Å². The first-order valence-corrected chi connectivity index (χ1v) is 7.53. The molecular formula is C16H23F3N2. The molecule has 21 heavy (non-hydrogen) atoms. The van der Waals surface area contributed by atoms with Crippen LogP contribution in [0.5, 0.6) is 0 Å². The average Bonchev–Trinajstić information content (AvgIpc) is 2.46. The van der Waals surface area contributed by atoms with Gasteiger partial charge in [-0.05, 0) is 63.1 Å². The van der Waals surface area contributed by atoms with Crippen LogP contribution in [-0.2, 0) is 6.18 Å². The quantitative estimate of drug-likeness (QED) is 0.912. The highest BCUT2D eigenvalue weighted by Crippen LogP contribution is 2.37.